The van der Waals surface area contributed by atoms with E-state index >= 15 is 0 Å². The number of anilines is 1. The molecule has 1 unspecified atom stereocenters. The number of ether oxygens (including phenoxy) is 2. The van der Waals surface area contributed by atoms with E-state index in [1.807, 2.05) is 42.5 Å². The van der Waals surface area contributed by atoms with E-state index in [4.69, 9.17) is 14.7 Å². The minimum absolute atomic E-state index is 0.0215. The molecule has 37 heavy (non-hydrogen) atoms. The number of piperidine rings is 1. The summed E-state index contributed by atoms with van der Waals surface area (Å²) in [6, 6.07) is 21.7. The van der Waals surface area contributed by atoms with E-state index in [0.717, 1.165) is 24.3 Å². The van der Waals surface area contributed by atoms with Crippen LogP contribution in [0.4, 0.5) is 5.69 Å². The molecule has 190 valence electrons. The number of aromatic nitrogens is 1. The minimum Gasteiger partial charge on any atom is -0.491 e. The van der Waals surface area contributed by atoms with Crippen molar-refractivity contribution in [3.63, 3.8) is 0 Å². The lowest BCUT2D eigenvalue weighted by Crippen LogP contribution is -2.46. The zero-order valence-electron chi connectivity index (χ0n) is 20.6. The zero-order valence-corrected chi connectivity index (χ0v) is 20.6. The fourth-order valence-electron chi connectivity index (χ4n) is 4.28. The molecule has 1 amide bonds. The molecule has 1 N–H and O–H groups in total. The smallest absolute Gasteiger partial charge is 0.308 e. The minimum atomic E-state index is -0.570. The first-order valence-corrected chi connectivity index (χ1v) is 12.4. The summed E-state index contributed by atoms with van der Waals surface area (Å²) >= 11 is 0. The Kier molecular flexibility index (Phi) is 9.08. The molecule has 1 atom stereocenters. The summed E-state index contributed by atoms with van der Waals surface area (Å²) in [6.07, 6.45) is 4.94. The van der Waals surface area contributed by atoms with Crippen LogP contribution in [0.5, 0.6) is 5.75 Å². The van der Waals surface area contributed by atoms with Crippen molar-refractivity contribution in [2.75, 3.05) is 24.6 Å². The van der Waals surface area contributed by atoms with Crippen LogP contribution in [0, 0.1) is 17.2 Å². The monoisotopic (exact) mass is 498 g/mol. The molecule has 2 aromatic carbocycles. The fraction of sp³-hybridized carbons (Fsp3) is 0.310. The van der Waals surface area contributed by atoms with Gasteiger partial charge in [0, 0.05) is 37.1 Å². The standard InChI is InChI=1S/C29H30N4O4/c30-19-23-7-4-8-27(17-23)36-21-25(18-28(34)37-20-22-5-2-1-3-6-22)32-29(35)24-11-15-33(16-12-24)26-9-13-31-14-10-26/h1-10,13-14,17,24-25H,11-12,15-16,18,20-21H2,(H,32,35). The van der Waals surface area contributed by atoms with Gasteiger partial charge in [0.25, 0.3) is 0 Å². The van der Waals surface area contributed by atoms with Crippen molar-refractivity contribution in [2.24, 2.45) is 5.92 Å². The van der Waals surface area contributed by atoms with E-state index < -0.39 is 12.0 Å². The second-order valence-electron chi connectivity index (χ2n) is 8.97. The van der Waals surface area contributed by atoms with Crippen molar-refractivity contribution < 1.29 is 19.1 Å². The van der Waals surface area contributed by atoms with Crippen LogP contribution in [-0.2, 0) is 20.9 Å². The Morgan fingerprint density at radius 1 is 1.05 bits per heavy atom. The van der Waals surface area contributed by atoms with Gasteiger partial charge in [0.05, 0.1) is 24.1 Å². The lowest BCUT2D eigenvalue weighted by atomic mass is 9.95. The highest BCUT2D eigenvalue weighted by atomic mass is 16.5. The van der Waals surface area contributed by atoms with Crippen molar-refractivity contribution in [1.29, 1.82) is 5.26 Å². The van der Waals surface area contributed by atoms with E-state index in [1.165, 1.54) is 0 Å². The maximum atomic E-state index is 13.1. The molecule has 0 saturated carbocycles. The Bertz CT molecular complexity index is 1210. The molecular weight excluding hydrogens is 468 g/mol. The molecule has 3 aromatic rings. The summed E-state index contributed by atoms with van der Waals surface area (Å²) in [5.74, 6) is -0.162. The van der Waals surface area contributed by atoms with Crippen molar-refractivity contribution >= 4 is 17.6 Å². The fourth-order valence-corrected chi connectivity index (χ4v) is 4.28. The van der Waals surface area contributed by atoms with Gasteiger partial charge >= 0.3 is 5.97 Å². The first-order valence-electron chi connectivity index (χ1n) is 12.4. The van der Waals surface area contributed by atoms with Gasteiger partial charge in [0.15, 0.2) is 0 Å². The second kappa shape index (κ2) is 13.1. The van der Waals surface area contributed by atoms with E-state index in [9.17, 15) is 9.59 Å². The lowest BCUT2D eigenvalue weighted by molar-refractivity contribution is -0.146. The maximum Gasteiger partial charge on any atom is 0.308 e. The Morgan fingerprint density at radius 3 is 2.54 bits per heavy atom. The summed E-state index contributed by atoms with van der Waals surface area (Å²) in [5, 5.41) is 12.1. The predicted octanol–water partition coefficient (Wildman–Crippen LogP) is 3.87. The van der Waals surface area contributed by atoms with Crippen LogP contribution in [0.25, 0.3) is 0 Å². The van der Waals surface area contributed by atoms with Gasteiger partial charge in [-0.25, -0.2) is 0 Å². The topological polar surface area (TPSA) is 105 Å². The summed E-state index contributed by atoms with van der Waals surface area (Å²) in [5.41, 5.74) is 2.46. The number of rotatable bonds is 10. The molecule has 2 heterocycles. The average molecular weight is 499 g/mol. The van der Waals surface area contributed by atoms with Crippen molar-refractivity contribution in [2.45, 2.75) is 31.9 Å². The summed E-state index contributed by atoms with van der Waals surface area (Å²) in [6.45, 7) is 1.78. The molecule has 4 rings (SSSR count). The number of nitrogens with zero attached hydrogens (tertiary/aromatic N) is 3. The van der Waals surface area contributed by atoms with Gasteiger partial charge in [-0.15, -0.1) is 0 Å². The third-order valence-electron chi connectivity index (χ3n) is 6.31. The Hall–Kier alpha value is -4.38. The van der Waals surface area contributed by atoms with Crippen molar-refractivity contribution in [1.82, 2.24) is 10.3 Å². The highest BCUT2D eigenvalue weighted by Gasteiger charge is 2.28. The number of pyridine rings is 1. The summed E-state index contributed by atoms with van der Waals surface area (Å²) in [4.78, 5) is 32.1. The number of esters is 1. The summed E-state index contributed by atoms with van der Waals surface area (Å²) in [7, 11) is 0. The van der Waals surface area contributed by atoms with Crippen LogP contribution in [0.3, 0.4) is 0 Å². The van der Waals surface area contributed by atoms with Crippen LogP contribution in [0.1, 0.15) is 30.4 Å². The van der Waals surface area contributed by atoms with E-state index in [2.05, 4.69) is 21.3 Å². The number of carbonyl (C=O) groups excluding carboxylic acids is 2. The third kappa shape index (κ3) is 7.80. The number of hydrogen-bond acceptors (Lipinski definition) is 7. The quantitative estimate of drug-likeness (QED) is 0.423. The van der Waals surface area contributed by atoms with Gasteiger partial charge in [-0.3, -0.25) is 14.6 Å². The Balaban J connectivity index is 1.34. The summed E-state index contributed by atoms with van der Waals surface area (Å²) < 4.78 is 11.3. The molecule has 1 aliphatic heterocycles. The number of hydrogen-bond donors (Lipinski definition) is 1. The molecule has 0 spiro atoms. The molecule has 1 aromatic heterocycles. The third-order valence-corrected chi connectivity index (χ3v) is 6.31. The molecule has 8 heteroatoms. The van der Waals surface area contributed by atoms with E-state index in [1.54, 1.807) is 36.7 Å². The number of nitrogens with one attached hydrogen (secondary N) is 1. The van der Waals surface area contributed by atoms with Gasteiger partial charge < -0.3 is 19.7 Å². The first kappa shape index (κ1) is 25.7. The van der Waals surface area contributed by atoms with Crippen LogP contribution in [-0.4, -0.2) is 42.6 Å². The molecule has 0 radical (unpaired) electrons. The highest BCUT2D eigenvalue weighted by molar-refractivity contribution is 5.80. The Morgan fingerprint density at radius 2 is 1.81 bits per heavy atom. The molecule has 1 fully saturated rings. The van der Waals surface area contributed by atoms with Gasteiger partial charge in [0.1, 0.15) is 19.0 Å². The van der Waals surface area contributed by atoms with E-state index in [-0.39, 0.29) is 31.5 Å². The highest BCUT2D eigenvalue weighted by Crippen LogP contribution is 2.23. The Labute approximate surface area is 216 Å². The van der Waals surface area contributed by atoms with Gasteiger partial charge in [0.2, 0.25) is 5.91 Å². The van der Waals surface area contributed by atoms with Crippen LogP contribution < -0.4 is 15.0 Å². The molecular formula is C29H30N4O4. The first-order chi connectivity index (χ1) is 18.1. The van der Waals surface area contributed by atoms with E-state index in [0.29, 0.717) is 24.2 Å². The van der Waals surface area contributed by atoms with Crippen LogP contribution in [0.2, 0.25) is 0 Å². The largest absolute Gasteiger partial charge is 0.491 e. The molecule has 1 saturated heterocycles. The van der Waals surface area contributed by atoms with Crippen molar-refractivity contribution in [3.8, 4) is 11.8 Å². The van der Waals surface area contributed by atoms with Crippen LogP contribution >= 0.6 is 0 Å². The molecule has 0 bridgehead atoms. The number of nitriles is 1. The van der Waals surface area contributed by atoms with Crippen molar-refractivity contribution in [3.05, 3.63) is 90.3 Å². The zero-order chi connectivity index (χ0) is 25.9. The second-order valence-corrected chi connectivity index (χ2v) is 8.97. The van der Waals surface area contributed by atoms with Gasteiger partial charge in [-0.2, -0.15) is 5.26 Å². The van der Waals surface area contributed by atoms with Gasteiger partial charge in [-0.05, 0) is 48.7 Å². The SMILES string of the molecule is N#Cc1cccc(OCC(CC(=O)OCc2ccccc2)NC(=O)C2CCN(c3ccncc3)CC2)c1. The van der Waals surface area contributed by atoms with Crippen LogP contribution in [0.15, 0.2) is 79.1 Å². The molecule has 0 aliphatic carbocycles. The maximum absolute atomic E-state index is 13.1. The number of amides is 1. The number of carbonyl (C=O) groups is 2. The lowest BCUT2D eigenvalue weighted by Gasteiger charge is -2.33. The number of benzene rings is 2. The average Bonchev–Trinajstić information content (AvgIpc) is 2.96. The molecule has 1 aliphatic rings. The van der Waals surface area contributed by atoms with Gasteiger partial charge in [-0.1, -0.05) is 36.4 Å². The molecule has 8 nitrogen and oxygen atoms in total. The predicted molar refractivity (Wildman–Crippen MR) is 139 cm³/mol. The normalized spacial score (nSPS) is 14.3.